The minimum Gasteiger partial charge on any atom is -0.497 e. The van der Waals surface area contributed by atoms with Gasteiger partial charge in [0.25, 0.3) is 23.4 Å². The summed E-state index contributed by atoms with van der Waals surface area (Å²) in [6, 6.07) is 13.6. The van der Waals surface area contributed by atoms with E-state index >= 15 is 0 Å². The third kappa shape index (κ3) is 3.54. The number of carbonyl (C=O) groups excluding carboxylic acids is 3. The number of nitro benzene ring substituents is 1. The van der Waals surface area contributed by atoms with Gasteiger partial charge in [0.15, 0.2) is 11.5 Å². The molecule has 0 N–H and O–H groups in total. The number of nitro groups is 1. The van der Waals surface area contributed by atoms with Crippen LogP contribution >= 0.6 is 0 Å². The molecule has 11 nitrogen and oxygen atoms in total. The maximum atomic E-state index is 13.6. The monoisotopic (exact) mass is 503 g/mol. The molecule has 0 radical (unpaired) electrons. The average molecular weight is 503 g/mol. The predicted octanol–water partition coefficient (Wildman–Crippen LogP) is 3.37. The number of hydrogen-bond acceptors (Lipinski definition) is 8. The second-order valence-electron chi connectivity index (χ2n) is 8.35. The molecule has 188 valence electrons. The van der Waals surface area contributed by atoms with Gasteiger partial charge in [0.05, 0.1) is 37.9 Å². The Bertz CT molecular complexity index is 1450. The lowest BCUT2D eigenvalue weighted by atomic mass is 9.86. The van der Waals surface area contributed by atoms with Crippen LogP contribution in [-0.4, -0.2) is 54.9 Å². The lowest BCUT2D eigenvalue weighted by Crippen LogP contribution is -2.67. The van der Waals surface area contributed by atoms with Gasteiger partial charge in [-0.3, -0.25) is 29.4 Å². The standard InChI is InChI=1S/C26H21N3O8/c1-35-16-10-8-15(9-11-16)27-22(14-7-12-19(36-2)20(13-14)37-3)23(26(27)32)28-24(30)17-5-4-6-18(29(33)34)21(17)25(28)31/h4-13,22-23H,1-3H3/t22-,23+/m0/s1. The normalized spacial score (nSPS) is 18.4. The summed E-state index contributed by atoms with van der Waals surface area (Å²) in [5.41, 5.74) is 0.175. The van der Waals surface area contributed by atoms with E-state index in [1.165, 1.54) is 38.4 Å². The number of benzene rings is 3. The molecule has 3 aromatic carbocycles. The summed E-state index contributed by atoms with van der Waals surface area (Å²) in [7, 11) is 4.48. The van der Waals surface area contributed by atoms with Gasteiger partial charge in [0.1, 0.15) is 17.4 Å². The number of methoxy groups -OCH3 is 3. The van der Waals surface area contributed by atoms with Gasteiger partial charge in [0, 0.05) is 11.8 Å². The molecule has 2 aliphatic heterocycles. The molecule has 5 rings (SSSR count). The number of nitrogens with zero attached hydrogens (tertiary/aromatic N) is 3. The van der Waals surface area contributed by atoms with E-state index in [0.717, 1.165) is 11.0 Å². The van der Waals surface area contributed by atoms with Gasteiger partial charge in [-0.15, -0.1) is 0 Å². The Labute approximate surface area is 210 Å². The van der Waals surface area contributed by atoms with Crippen LogP contribution in [0.3, 0.4) is 0 Å². The van der Waals surface area contributed by atoms with Crippen molar-refractivity contribution in [3.05, 3.63) is 87.5 Å². The van der Waals surface area contributed by atoms with Crippen LogP contribution in [0, 0.1) is 10.1 Å². The zero-order chi connectivity index (χ0) is 26.4. The summed E-state index contributed by atoms with van der Waals surface area (Å²) in [6.07, 6.45) is 0. The molecule has 0 saturated carbocycles. The Morgan fingerprint density at radius 1 is 0.784 bits per heavy atom. The molecule has 0 aliphatic carbocycles. The van der Waals surface area contributed by atoms with Crippen molar-refractivity contribution in [1.29, 1.82) is 0 Å². The summed E-state index contributed by atoms with van der Waals surface area (Å²) in [4.78, 5) is 53.5. The first-order chi connectivity index (χ1) is 17.8. The SMILES string of the molecule is COc1ccc(N2C(=O)[C@H](N3C(=O)c4cccc([N+](=O)[O-])c4C3=O)[C@@H]2c2ccc(OC)c(OC)c2)cc1. The molecular formula is C26H21N3O8. The van der Waals surface area contributed by atoms with Gasteiger partial charge >= 0.3 is 0 Å². The van der Waals surface area contributed by atoms with E-state index < -0.39 is 40.4 Å². The molecule has 2 heterocycles. The number of fused-ring (bicyclic) bond motifs is 1. The largest absolute Gasteiger partial charge is 0.497 e. The predicted molar refractivity (Wildman–Crippen MR) is 130 cm³/mol. The Kier molecular flexibility index (Phi) is 5.75. The van der Waals surface area contributed by atoms with E-state index in [0.29, 0.717) is 28.5 Å². The van der Waals surface area contributed by atoms with E-state index in [1.807, 2.05) is 0 Å². The van der Waals surface area contributed by atoms with Gasteiger partial charge < -0.3 is 19.1 Å². The number of hydrogen-bond donors (Lipinski definition) is 0. The second kappa shape index (κ2) is 8.94. The first kappa shape index (κ1) is 23.8. The second-order valence-corrected chi connectivity index (χ2v) is 8.35. The quantitative estimate of drug-likeness (QED) is 0.208. The Hall–Kier alpha value is -4.93. The fraction of sp³-hybridized carbons (Fsp3) is 0.192. The first-order valence-electron chi connectivity index (χ1n) is 11.2. The highest BCUT2D eigenvalue weighted by atomic mass is 16.6. The molecule has 1 saturated heterocycles. The molecule has 3 aromatic rings. The maximum Gasteiger partial charge on any atom is 0.282 e. The van der Waals surface area contributed by atoms with Crippen LogP contribution in [0.1, 0.15) is 32.3 Å². The lowest BCUT2D eigenvalue weighted by Gasteiger charge is -2.49. The molecule has 11 heteroatoms. The third-order valence-corrected chi connectivity index (χ3v) is 6.57. The molecule has 0 unspecified atom stereocenters. The fourth-order valence-electron chi connectivity index (χ4n) is 4.81. The Balaban J connectivity index is 1.61. The van der Waals surface area contributed by atoms with Gasteiger partial charge in [-0.05, 0) is 48.0 Å². The third-order valence-electron chi connectivity index (χ3n) is 6.57. The molecule has 0 bridgehead atoms. The topological polar surface area (TPSA) is 129 Å². The maximum absolute atomic E-state index is 13.6. The summed E-state index contributed by atoms with van der Waals surface area (Å²) in [6.45, 7) is 0. The van der Waals surface area contributed by atoms with E-state index in [9.17, 15) is 24.5 Å². The average Bonchev–Trinajstić information content (AvgIpc) is 3.16. The number of β-lactam (4-membered cyclic amide) rings is 1. The Morgan fingerprint density at radius 3 is 2.11 bits per heavy atom. The van der Waals surface area contributed by atoms with Gasteiger partial charge in [-0.1, -0.05) is 12.1 Å². The number of amides is 3. The molecule has 2 aliphatic rings. The van der Waals surface area contributed by atoms with E-state index in [1.54, 1.807) is 42.5 Å². The van der Waals surface area contributed by atoms with Crippen LogP contribution in [0.5, 0.6) is 17.2 Å². The van der Waals surface area contributed by atoms with Crippen LogP contribution in [0.4, 0.5) is 11.4 Å². The molecule has 3 amide bonds. The number of anilines is 1. The summed E-state index contributed by atoms with van der Waals surface area (Å²) in [5.74, 6) is -0.718. The van der Waals surface area contributed by atoms with Crippen molar-refractivity contribution in [2.24, 2.45) is 0 Å². The first-order valence-corrected chi connectivity index (χ1v) is 11.2. The van der Waals surface area contributed by atoms with Crippen molar-refractivity contribution in [1.82, 2.24) is 4.90 Å². The van der Waals surface area contributed by atoms with E-state index in [-0.39, 0.29) is 11.1 Å². The minimum absolute atomic E-state index is 0.110. The van der Waals surface area contributed by atoms with E-state index in [4.69, 9.17) is 14.2 Å². The molecule has 37 heavy (non-hydrogen) atoms. The molecule has 2 atom stereocenters. The number of ether oxygens (including phenoxy) is 3. The van der Waals surface area contributed by atoms with Crippen molar-refractivity contribution < 1.29 is 33.5 Å². The summed E-state index contributed by atoms with van der Waals surface area (Å²) >= 11 is 0. The number of carbonyl (C=O) groups is 3. The van der Waals surface area contributed by atoms with Crippen LogP contribution in [0.2, 0.25) is 0 Å². The van der Waals surface area contributed by atoms with Crippen molar-refractivity contribution in [2.75, 3.05) is 26.2 Å². The van der Waals surface area contributed by atoms with Crippen LogP contribution in [0.15, 0.2) is 60.7 Å². The molecule has 1 fully saturated rings. The molecular weight excluding hydrogens is 482 g/mol. The van der Waals surface area contributed by atoms with Gasteiger partial charge in [-0.25, -0.2) is 0 Å². The fourth-order valence-corrected chi connectivity index (χ4v) is 4.81. The van der Waals surface area contributed by atoms with Crippen molar-refractivity contribution in [3.8, 4) is 17.2 Å². The molecule has 0 aromatic heterocycles. The smallest absolute Gasteiger partial charge is 0.282 e. The highest BCUT2D eigenvalue weighted by Gasteiger charge is 2.58. The summed E-state index contributed by atoms with van der Waals surface area (Å²) in [5, 5.41) is 11.6. The zero-order valence-corrected chi connectivity index (χ0v) is 20.0. The van der Waals surface area contributed by atoms with Crippen molar-refractivity contribution in [2.45, 2.75) is 12.1 Å². The van der Waals surface area contributed by atoms with E-state index in [2.05, 4.69) is 0 Å². The minimum atomic E-state index is -1.23. The van der Waals surface area contributed by atoms with Crippen molar-refractivity contribution >= 4 is 29.1 Å². The van der Waals surface area contributed by atoms with Crippen molar-refractivity contribution in [3.63, 3.8) is 0 Å². The summed E-state index contributed by atoms with van der Waals surface area (Å²) < 4.78 is 15.9. The zero-order valence-electron chi connectivity index (χ0n) is 20.0. The lowest BCUT2D eigenvalue weighted by molar-refractivity contribution is -0.385. The van der Waals surface area contributed by atoms with Crippen LogP contribution in [0.25, 0.3) is 0 Å². The Morgan fingerprint density at radius 2 is 1.49 bits per heavy atom. The number of rotatable bonds is 7. The van der Waals surface area contributed by atoms with Gasteiger partial charge in [-0.2, -0.15) is 0 Å². The van der Waals surface area contributed by atoms with Crippen LogP contribution < -0.4 is 19.1 Å². The van der Waals surface area contributed by atoms with Gasteiger partial charge in [0.2, 0.25) is 0 Å². The highest BCUT2D eigenvalue weighted by Crippen LogP contribution is 2.46. The number of imide groups is 1. The highest BCUT2D eigenvalue weighted by molar-refractivity contribution is 6.26. The molecule has 0 spiro atoms. The van der Waals surface area contributed by atoms with Crippen LogP contribution in [-0.2, 0) is 4.79 Å².